The minimum absolute atomic E-state index is 0.0417. The number of nitrogens with zero attached hydrogens (tertiary/aromatic N) is 2. The number of methoxy groups -OCH3 is 1. The molecule has 2 heterocycles. The molecule has 204 valence electrons. The van der Waals surface area contributed by atoms with Crippen LogP contribution in [-0.4, -0.2) is 42.2 Å². The first-order valence-electron chi connectivity index (χ1n) is 13.2. The van der Waals surface area contributed by atoms with E-state index >= 15 is 0 Å². The van der Waals surface area contributed by atoms with Gasteiger partial charge in [0, 0.05) is 12.2 Å². The Kier molecular flexibility index (Phi) is 8.26. The summed E-state index contributed by atoms with van der Waals surface area (Å²) < 4.78 is 17.2. The van der Waals surface area contributed by atoms with Gasteiger partial charge in [-0.15, -0.1) is 0 Å². The van der Waals surface area contributed by atoms with Crippen molar-refractivity contribution < 1.29 is 23.8 Å². The van der Waals surface area contributed by atoms with Gasteiger partial charge in [0.15, 0.2) is 16.7 Å². The second-order valence-corrected chi connectivity index (χ2v) is 10.6. The number of esters is 1. The predicted molar refractivity (Wildman–Crippen MR) is 151 cm³/mol. The molecule has 3 aliphatic rings. The largest absolute Gasteiger partial charge is 0.493 e. The number of amides is 1. The zero-order chi connectivity index (χ0) is 27.4. The number of hydrogen-bond acceptors (Lipinski definition) is 8. The van der Waals surface area contributed by atoms with E-state index in [-0.39, 0.29) is 18.9 Å². The van der Waals surface area contributed by atoms with Gasteiger partial charge in [0.1, 0.15) is 6.61 Å². The minimum atomic E-state index is -0.536. The maximum atomic E-state index is 13.2. The van der Waals surface area contributed by atoms with Crippen molar-refractivity contribution in [2.45, 2.75) is 45.8 Å². The number of carbonyl (C=O) groups is 2. The fourth-order valence-electron chi connectivity index (χ4n) is 4.67. The highest BCUT2D eigenvalue weighted by atomic mass is 32.2. The summed E-state index contributed by atoms with van der Waals surface area (Å²) in [6, 6.07) is 15.0. The normalized spacial score (nSPS) is 18.2. The highest BCUT2D eigenvalue weighted by molar-refractivity contribution is 8.16. The summed E-state index contributed by atoms with van der Waals surface area (Å²) in [6.07, 6.45) is 2.53. The van der Waals surface area contributed by atoms with Gasteiger partial charge in [0.2, 0.25) is 5.91 Å². The average molecular weight is 548 g/mol. The van der Waals surface area contributed by atoms with E-state index in [1.54, 1.807) is 14.0 Å². The summed E-state index contributed by atoms with van der Waals surface area (Å²) in [5.41, 5.74) is 3.67. The molecule has 9 heteroatoms. The molecule has 2 aliphatic heterocycles. The van der Waals surface area contributed by atoms with Crippen LogP contribution in [0.3, 0.4) is 0 Å². The highest BCUT2D eigenvalue weighted by Gasteiger charge is 2.41. The van der Waals surface area contributed by atoms with Crippen LogP contribution in [0.2, 0.25) is 0 Å². The number of carbonyl (C=O) groups excluding carboxylic acids is 2. The molecule has 2 aromatic carbocycles. The van der Waals surface area contributed by atoms with Gasteiger partial charge in [-0.25, -0.2) is 9.79 Å². The molecule has 0 bridgehead atoms. The van der Waals surface area contributed by atoms with Gasteiger partial charge in [0.05, 0.1) is 37.4 Å². The zero-order valence-electron chi connectivity index (χ0n) is 22.4. The summed E-state index contributed by atoms with van der Waals surface area (Å²) in [7, 11) is 1.59. The van der Waals surface area contributed by atoms with Gasteiger partial charge in [-0.2, -0.15) is 0 Å². The molecule has 1 aliphatic carbocycles. The van der Waals surface area contributed by atoms with Crippen LogP contribution in [0.25, 0.3) is 0 Å². The van der Waals surface area contributed by atoms with Crippen molar-refractivity contribution in [2.24, 2.45) is 10.9 Å². The molecule has 0 unspecified atom stereocenters. The van der Waals surface area contributed by atoms with Crippen LogP contribution in [0, 0.1) is 5.92 Å². The first-order valence-corrected chi connectivity index (χ1v) is 14.1. The number of hydrogen-bond donors (Lipinski definition) is 1. The summed E-state index contributed by atoms with van der Waals surface area (Å²) >= 11 is 1.45. The monoisotopic (exact) mass is 547 g/mol. The predicted octanol–water partition coefficient (Wildman–Crippen LogP) is 5.33. The van der Waals surface area contributed by atoms with E-state index in [0.717, 1.165) is 22.0 Å². The molecular formula is C30H33N3O5S. The van der Waals surface area contributed by atoms with E-state index in [1.807, 2.05) is 65.8 Å². The standard InChI is InChI=1S/C30H33N3O5S/c1-4-37-29(35)27-19(2)32-30-33(23(18-39-30)15-26(34)31-16-20-10-11-20)28(27)22-12-13-24(25(14-22)36-3)38-17-21-8-6-5-7-9-21/h5-9,12-14,18,20,28H,4,10-11,15-17H2,1-3H3,(H,31,34)/t28-/m0/s1. The third-order valence-corrected chi connectivity index (χ3v) is 7.75. The summed E-state index contributed by atoms with van der Waals surface area (Å²) in [5.74, 6) is 1.27. The van der Waals surface area contributed by atoms with Crippen molar-refractivity contribution in [3.63, 3.8) is 0 Å². The fraction of sp³-hybridized carbons (Fsp3) is 0.367. The Morgan fingerprint density at radius 1 is 1.13 bits per heavy atom. The van der Waals surface area contributed by atoms with Gasteiger partial charge in [-0.05, 0) is 61.3 Å². The number of thioether (sulfide) groups is 1. The second kappa shape index (κ2) is 12.0. The lowest BCUT2D eigenvalue weighted by Gasteiger charge is -2.36. The van der Waals surface area contributed by atoms with Crippen LogP contribution in [0.5, 0.6) is 11.5 Å². The third-order valence-electron chi connectivity index (χ3n) is 6.86. The molecule has 1 saturated carbocycles. The maximum Gasteiger partial charge on any atom is 0.338 e. The Morgan fingerprint density at radius 3 is 2.64 bits per heavy atom. The van der Waals surface area contributed by atoms with E-state index in [1.165, 1.54) is 24.6 Å². The molecule has 1 atom stereocenters. The molecular weight excluding hydrogens is 514 g/mol. The van der Waals surface area contributed by atoms with Crippen molar-refractivity contribution in [1.29, 1.82) is 0 Å². The maximum absolute atomic E-state index is 13.2. The number of rotatable bonds is 11. The van der Waals surface area contributed by atoms with E-state index in [0.29, 0.717) is 41.8 Å². The molecule has 0 radical (unpaired) electrons. The average Bonchev–Trinajstić information content (AvgIpc) is 3.70. The first-order chi connectivity index (χ1) is 19.0. The molecule has 1 fully saturated rings. The van der Waals surface area contributed by atoms with Crippen molar-refractivity contribution in [3.05, 3.63) is 82.0 Å². The SMILES string of the molecule is CCOC(=O)C1=C(C)N=C2SC=C(CC(=O)NCC3CC3)N2[C@H]1c1ccc(OCc2ccccc2)c(OC)c1. The Morgan fingerprint density at radius 2 is 1.92 bits per heavy atom. The van der Waals surface area contributed by atoms with Crippen LogP contribution in [0.1, 0.15) is 50.3 Å². The van der Waals surface area contributed by atoms with Crippen molar-refractivity contribution in [1.82, 2.24) is 10.2 Å². The molecule has 5 rings (SSSR count). The van der Waals surface area contributed by atoms with Gasteiger partial charge in [-0.3, -0.25) is 4.79 Å². The number of fused-ring (bicyclic) bond motifs is 1. The molecule has 0 saturated heterocycles. The molecule has 1 N–H and O–H groups in total. The molecule has 39 heavy (non-hydrogen) atoms. The number of allylic oxidation sites excluding steroid dienone is 1. The van der Waals surface area contributed by atoms with Crippen LogP contribution >= 0.6 is 11.8 Å². The lowest BCUT2D eigenvalue weighted by molar-refractivity contribution is -0.139. The zero-order valence-corrected chi connectivity index (χ0v) is 23.3. The van der Waals surface area contributed by atoms with Crippen LogP contribution in [-0.2, 0) is 20.9 Å². The van der Waals surface area contributed by atoms with E-state index in [2.05, 4.69) is 5.32 Å². The van der Waals surface area contributed by atoms with E-state index in [4.69, 9.17) is 19.2 Å². The number of nitrogens with one attached hydrogen (secondary N) is 1. The van der Waals surface area contributed by atoms with Crippen molar-refractivity contribution >= 4 is 28.8 Å². The summed E-state index contributed by atoms with van der Waals surface area (Å²) in [5, 5.41) is 5.71. The van der Waals surface area contributed by atoms with Gasteiger partial charge >= 0.3 is 5.97 Å². The Labute approximate surface area is 233 Å². The van der Waals surface area contributed by atoms with E-state index < -0.39 is 12.0 Å². The highest BCUT2D eigenvalue weighted by Crippen LogP contribution is 2.46. The molecule has 2 aromatic rings. The molecule has 1 amide bonds. The van der Waals surface area contributed by atoms with Gasteiger partial charge < -0.3 is 24.4 Å². The smallest absolute Gasteiger partial charge is 0.338 e. The fourth-order valence-corrected chi connectivity index (χ4v) is 5.64. The van der Waals surface area contributed by atoms with Gasteiger partial charge in [0.25, 0.3) is 0 Å². The number of ether oxygens (including phenoxy) is 3. The summed E-state index contributed by atoms with van der Waals surface area (Å²) in [4.78, 5) is 32.7. The Bertz CT molecular complexity index is 1330. The Balaban J connectivity index is 1.45. The van der Waals surface area contributed by atoms with Crippen molar-refractivity contribution in [2.75, 3.05) is 20.3 Å². The van der Waals surface area contributed by atoms with Crippen LogP contribution < -0.4 is 14.8 Å². The Hall–Kier alpha value is -3.72. The van der Waals surface area contributed by atoms with Gasteiger partial charge in [-0.1, -0.05) is 48.2 Å². The topological polar surface area (TPSA) is 89.5 Å². The lowest BCUT2D eigenvalue weighted by atomic mass is 9.93. The molecule has 0 spiro atoms. The lowest BCUT2D eigenvalue weighted by Crippen LogP contribution is -2.38. The third kappa shape index (κ3) is 6.14. The number of amidine groups is 1. The van der Waals surface area contributed by atoms with E-state index in [9.17, 15) is 9.59 Å². The quantitative estimate of drug-likeness (QED) is 0.381. The molecule has 8 nitrogen and oxygen atoms in total. The second-order valence-electron chi connectivity index (χ2n) is 9.72. The molecule has 0 aromatic heterocycles. The first kappa shape index (κ1) is 26.9. The number of aliphatic imine (C=N–C) groups is 1. The van der Waals surface area contributed by atoms with Crippen LogP contribution in [0.15, 0.2) is 75.9 Å². The van der Waals surface area contributed by atoms with Crippen molar-refractivity contribution in [3.8, 4) is 11.5 Å². The number of benzene rings is 2. The minimum Gasteiger partial charge on any atom is -0.493 e. The van der Waals surface area contributed by atoms with Crippen LogP contribution in [0.4, 0.5) is 0 Å². The summed E-state index contributed by atoms with van der Waals surface area (Å²) in [6.45, 7) is 4.95.